The highest BCUT2D eigenvalue weighted by Crippen LogP contribution is 2.54. The molecule has 4 heterocycles. The van der Waals surface area contributed by atoms with Gasteiger partial charge in [0.25, 0.3) is 0 Å². The lowest BCUT2D eigenvalue weighted by Gasteiger charge is -2.30. The van der Waals surface area contributed by atoms with Gasteiger partial charge in [0.2, 0.25) is 5.88 Å². The average Bonchev–Trinajstić information content (AvgIpc) is 3.38. The smallest absolute Gasteiger partial charge is 0.219 e. The highest BCUT2D eigenvalue weighted by molar-refractivity contribution is 5.74. The maximum Gasteiger partial charge on any atom is 0.219 e. The Morgan fingerprint density at radius 3 is 2.96 bits per heavy atom. The van der Waals surface area contributed by atoms with Gasteiger partial charge in [0.15, 0.2) is 5.65 Å². The molecule has 1 atom stereocenters. The molecule has 7 nitrogen and oxygen atoms in total. The van der Waals surface area contributed by atoms with Crippen molar-refractivity contribution in [1.82, 2.24) is 24.9 Å². The van der Waals surface area contributed by atoms with Crippen LogP contribution in [-0.4, -0.2) is 39.3 Å². The second-order valence-corrected chi connectivity index (χ2v) is 7.54. The molecule has 1 N–H and O–H groups in total. The number of nitrogens with one attached hydrogen (secondary N) is 1. The van der Waals surface area contributed by atoms with Gasteiger partial charge in [-0.15, -0.1) is 0 Å². The van der Waals surface area contributed by atoms with Crippen LogP contribution in [0.15, 0.2) is 37.3 Å². The van der Waals surface area contributed by atoms with E-state index in [-0.39, 0.29) is 17.4 Å². The van der Waals surface area contributed by atoms with Crippen LogP contribution in [0.25, 0.3) is 11.3 Å². The summed E-state index contributed by atoms with van der Waals surface area (Å²) in [6, 6.07) is 3.42. The molecule has 0 radical (unpaired) electrons. The Hall–Kier alpha value is -3.16. The lowest BCUT2D eigenvalue weighted by molar-refractivity contribution is 0.269. The van der Waals surface area contributed by atoms with Crippen LogP contribution >= 0.6 is 0 Å². The van der Waals surface area contributed by atoms with Gasteiger partial charge in [-0.25, -0.2) is 18.9 Å². The minimum atomic E-state index is -0.377. The second kappa shape index (κ2) is 5.92. The lowest BCUT2D eigenvalue weighted by Crippen LogP contribution is -2.34. The molecule has 3 aromatic rings. The zero-order chi connectivity index (χ0) is 19.5. The van der Waals surface area contributed by atoms with E-state index in [0.29, 0.717) is 12.5 Å². The van der Waals surface area contributed by atoms with Crippen LogP contribution in [0, 0.1) is 5.82 Å². The van der Waals surface area contributed by atoms with Crippen molar-refractivity contribution in [2.45, 2.75) is 31.3 Å². The van der Waals surface area contributed by atoms with Crippen LogP contribution in [0.5, 0.6) is 5.88 Å². The number of hydrogen-bond donors (Lipinski definition) is 1. The first-order valence-corrected chi connectivity index (χ1v) is 9.31. The first-order valence-electron chi connectivity index (χ1n) is 9.31. The Bertz CT molecular complexity index is 1090. The maximum atomic E-state index is 14.1. The van der Waals surface area contributed by atoms with Gasteiger partial charge in [-0.05, 0) is 31.9 Å². The van der Waals surface area contributed by atoms with Crippen molar-refractivity contribution in [3.63, 3.8) is 0 Å². The molecule has 144 valence electrons. The summed E-state index contributed by atoms with van der Waals surface area (Å²) in [6.07, 6.45) is 6.60. The molecule has 0 saturated heterocycles. The van der Waals surface area contributed by atoms with E-state index in [9.17, 15) is 4.39 Å². The molecule has 0 unspecified atom stereocenters. The number of anilines is 1. The van der Waals surface area contributed by atoms with Gasteiger partial charge >= 0.3 is 0 Å². The molecule has 1 aliphatic heterocycles. The monoisotopic (exact) mass is 380 g/mol. The Morgan fingerprint density at radius 1 is 1.36 bits per heavy atom. The molecule has 1 spiro atoms. The van der Waals surface area contributed by atoms with Gasteiger partial charge in [-0.3, -0.25) is 0 Å². The average molecular weight is 380 g/mol. The van der Waals surface area contributed by atoms with Gasteiger partial charge < -0.3 is 15.0 Å². The largest absolute Gasteiger partial charge is 0.475 e. The fraction of sp³-hybridized carbons (Fsp3) is 0.350. The Labute approximate surface area is 161 Å². The number of hydrogen-bond acceptors (Lipinski definition) is 6. The van der Waals surface area contributed by atoms with Crippen LogP contribution < -0.4 is 15.0 Å². The van der Waals surface area contributed by atoms with E-state index in [0.717, 1.165) is 41.1 Å². The molecule has 8 heteroatoms. The van der Waals surface area contributed by atoms with Crippen LogP contribution in [-0.2, 0) is 5.54 Å². The van der Waals surface area contributed by atoms with Gasteiger partial charge in [0.05, 0.1) is 29.5 Å². The van der Waals surface area contributed by atoms with E-state index in [1.54, 1.807) is 10.7 Å². The fourth-order valence-corrected chi connectivity index (χ4v) is 3.88. The van der Waals surface area contributed by atoms with Crippen molar-refractivity contribution in [2.75, 3.05) is 18.6 Å². The number of ether oxygens (including phenoxy) is 1. The number of aromatic nitrogens is 4. The minimum Gasteiger partial charge on any atom is -0.475 e. The summed E-state index contributed by atoms with van der Waals surface area (Å²) >= 11 is 0. The third kappa shape index (κ3) is 2.51. The molecule has 3 aromatic heterocycles. The van der Waals surface area contributed by atoms with Crippen molar-refractivity contribution in [3.8, 4) is 5.88 Å². The summed E-state index contributed by atoms with van der Waals surface area (Å²) in [5.74, 6) is 0.878. The number of rotatable bonds is 0. The highest BCUT2D eigenvalue weighted by atomic mass is 19.1. The molecule has 5 rings (SSSR count). The van der Waals surface area contributed by atoms with Crippen molar-refractivity contribution in [2.24, 2.45) is 0 Å². The Morgan fingerprint density at radius 2 is 2.18 bits per heavy atom. The van der Waals surface area contributed by atoms with Crippen molar-refractivity contribution in [3.05, 3.63) is 54.2 Å². The third-order valence-corrected chi connectivity index (χ3v) is 5.60. The number of pyridine rings is 1. The predicted molar refractivity (Wildman–Crippen MR) is 104 cm³/mol. The molecule has 2 bridgehead atoms. The lowest BCUT2D eigenvalue weighted by atomic mass is 10.0. The molecule has 0 amide bonds. The SMILES string of the molecule is C=C1N[C@H](C)COc2ncc(F)cc2C2(CC2)N(C)c2ccn3ncc1c3n2. The number of nitrogens with zero attached hydrogens (tertiary/aromatic N) is 5. The van der Waals surface area contributed by atoms with Crippen molar-refractivity contribution in [1.29, 1.82) is 0 Å². The van der Waals surface area contributed by atoms with Crippen molar-refractivity contribution >= 4 is 17.2 Å². The normalized spacial score (nSPS) is 20.8. The summed E-state index contributed by atoms with van der Waals surface area (Å²) < 4.78 is 21.8. The predicted octanol–water partition coefficient (Wildman–Crippen LogP) is 2.73. The second-order valence-electron chi connectivity index (χ2n) is 7.54. The van der Waals surface area contributed by atoms with Crippen LogP contribution in [0.3, 0.4) is 0 Å². The van der Waals surface area contributed by atoms with E-state index in [4.69, 9.17) is 9.72 Å². The van der Waals surface area contributed by atoms with E-state index in [2.05, 4.69) is 26.9 Å². The molecule has 1 saturated carbocycles. The van der Waals surface area contributed by atoms with Crippen LogP contribution in [0.2, 0.25) is 0 Å². The van der Waals surface area contributed by atoms with E-state index in [1.165, 1.54) is 12.3 Å². The van der Waals surface area contributed by atoms with Gasteiger partial charge in [0.1, 0.15) is 18.2 Å². The Kier molecular flexibility index (Phi) is 3.59. The van der Waals surface area contributed by atoms with E-state index in [1.807, 2.05) is 26.2 Å². The molecular formula is C20H21FN6O. The topological polar surface area (TPSA) is 67.6 Å². The number of halogens is 1. The highest BCUT2D eigenvalue weighted by Gasteiger charge is 2.51. The first-order chi connectivity index (χ1) is 13.5. The van der Waals surface area contributed by atoms with Gasteiger partial charge in [0, 0.05) is 24.5 Å². The molecule has 0 aromatic carbocycles. The number of fused-ring (bicyclic) bond motifs is 3. The summed E-state index contributed by atoms with van der Waals surface area (Å²) in [5.41, 5.74) is 2.68. The standard InChI is InChI=1S/C20H21FN6O/c1-12-11-28-19-16(8-14(21)9-22-19)20(5-6-20)26(3)17-4-7-27-18(25-17)15(10-23-27)13(2)24-12/h4,7-10,12,24H,2,5-6,11H2,1,3H3/t12-/m1/s1. The quantitative estimate of drug-likeness (QED) is 0.647. The summed E-state index contributed by atoms with van der Waals surface area (Å²) in [6.45, 7) is 6.52. The summed E-state index contributed by atoms with van der Waals surface area (Å²) in [7, 11) is 1.98. The molecule has 2 aliphatic rings. The third-order valence-electron chi connectivity index (χ3n) is 5.60. The Balaban J connectivity index is 1.70. The molecule has 28 heavy (non-hydrogen) atoms. The van der Waals surface area contributed by atoms with Crippen LogP contribution in [0.4, 0.5) is 10.2 Å². The zero-order valence-corrected chi connectivity index (χ0v) is 15.8. The summed E-state index contributed by atoms with van der Waals surface area (Å²) in [4.78, 5) is 11.2. The van der Waals surface area contributed by atoms with Crippen molar-refractivity contribution < 1.29 is 9.13 Å². The fourth-order valence-electron chi connectivity index (χ4n) is 3.88. The van der Waals surface area contributed by atoms with Crippen LogP contribution in [0.1, 0.15) is 30.9 Å². The molecule has 1 aliphatic carbocycles. The minimum absolute atomic E-state index is 0.0287. The van der Waals surface area contributed by atoms with Gasteiger partial charge in [-0.2, -0.15) is 5.10 Å². The molecular weight excluding hydrogens is 359 g/mol. The maximum absolute atomic E-state index is 14.1. The van der Waals surface area contributed by atoms with Gasteiger partial charge in [-0.1, -0.05) is 6.58 Å². The zero-order valence-electron chi connectivity index (χ0n) is 15.8. The van der Waals surface area contributed by atoms with E-state index < -0.39 is 0 Å². The van der Waals surface area contributed by atoms with E-state index >= 15 is 0 Å². The first kappa shape index (κ1) is 17.0. The summed E-state index contributed by atoms with van der Waals surface area (Å²) in [5, 5.41) is 7.71. The molecule has 1 fully saturated rings.